The van der Waals surface area contributed by atoms with Gasteiger partial charge < -0.3 is 5.11 Å². The molecule has 0 radical (unpaired) electrons. The van der Waals surface area contributed by atoms with E-state index in [1.165, 1.54) is 0 Å². The summed E-state index contributed by atoms with van der Waals surface area (Å²) in [6, 6.07) is 5.59. The fourth-order valence-electron chi connectivity index (χ4n) is 1.60. The van der Waals surface area contributed by atoms with Gasteiger partial charge in [-0.25, -0.2) is 9.97 Å². The van der Waals surface area contributed by atoms with E-state index in [0.717, 1.165) is 11.3 Å². The van der Waals surface area contributed by atoms with Gasteiger partial charge in [0.25, 0.3) is 0 Å². The zero-order chi connectivity index (χ0) is 12.8. The summed E-state index contributed by atoms with van der Waals surface area (Å²) in [5.41, 5.74) is 1.81. The van der Waals surface area contributed by atoms with Crippen LogP contribution in [0.5, 0.6) is 0 Å². The van der Waals surface area contributed by atoms with Gasteiger partial charge in [-0.05, 0) is 24.6 Å². The minimum atomic E-state index is -0.791. The van der Waals surface area contributed by atoms with Gasteiger partial charge in [0.05, 0.1) is 5.69 Å². The van der Waals surface area contributed by atoms with E-state index in [1.807, 2.05) is 18.2 Å². The summed E-state index contributed by atoms with van der Waals surface area (Å²) in [7, 11) is 0. The van der Waals surface area contributed by atoms with E-state index in [0.29, 0.717) is 18.7 Å². The number of carboxylic acid groups (broad SMARTS) is 1. The number of hydrogen-bond acceptors (Lipinski definition) is 4. The van der Waals surface area contributed by atoms with Crippen LogP contribution in [0.1, 0.15) is 18.7 Å². The van der Waals surface area contributed by atoms with Crippen LogP contribution in [-0.2, 0) is 11.2 Å². The lowest BCUT2D eigenvalue weighted by Crippen LogP contribution is -2.00. The predicted molar refractivity (Wildman–Crippen MR) is 65.8 cm³/mol. The molecule has 0 saturated heterocycles. The lowest BCUT2D eigenvalue weighted by Gasteiger charge is -2.03. The van der Waals surface area contributed by atoms with Gasteiger partial charge in [0, 0.05) is 37.0 Å². The molecule has 2 heterocycles. The summed E-state index contributed by atoms with van der Waals surface area (Å²) in [6.45, 7) is 0. The largest absolute Gasteiger partial charge is 0.481 e. The fourth-order valence-corrected chi connectivity index (χ4v) is 1.60. The Morgan fingerprint density at radius 2 is 1.94 bits per heavy atom. The molecule has 0 atom stereocenters. The average Bonchev–Trinajstić information content (AvgIpc) is 2.40. The Labute approximate surface area is 105 Å². The topological polar surface area (TPSA) is 76.0 Å². The first kappa shape index (κ1) is 12.2. The molecule has 0 aliphatic carbocycles. The van der Waals surface area contributed by atoms with Crippen molar-refractivity contribution in [3.05, 3.63) is 42.6 Å². The Morgan fingerprint density at radius 3 is 2.67 bits per heavy atom. The molecule has 0 aliphatic rings. The molecule has 0 unspecified atom stereocenters. The van der Waals surface area contributed by atoms with Crippen LogP contribution in [-0.4, -0.2) is 26.0 Å². The average molecular weight is 243 g/mol. The van der Waals surface area contributed by atoms with Crippen LogP contribution in [0.4, 0.5) is 0 Å². The van der Waals surface area contributed by atoms with Gasteiger partial charge in [-0.2, -0.15) is 0 Å². The molecule has 0 amide bonds. The highest BCUT2D eigenvalue weighted by Gasteiger charge is 2.03. The lowest BCUT2D eigenvalue weighted by atomic mass is 10.2. The van der Waals surface area contributed by atoms with Gasteiger partial charge in [-0.15, -0.1) is 0 Å². The molecule has 0 aliphatic heterocycles. The SMILES string of the molecule is O=C(O)CCCc1nccc(-c2ccncc2)n1. The van der Waals surface area contributed by atoms with Crippen molar-refractivity contribution in [1.29, 1.82) is 0 Å². The smallest absolute Gasteiger partial charge is 0.303 e. The van der Waals surface area contributed by atoms with Gasteiger partial charge in [0.1, 0.15) is 5.82 Å². The summed E-state index contributed by atoms with van der Waals surface area (Å²) in [5.74, 6) is -0.120. The normalized spacial score (nSPS) is 10.2. The molecule has 0 fully saturated rings. The molecule has 18 heavy (non-hydrogen) atoms. The molecule has 2 aromatic heterocycles. The number of carbonyl (C=O) groups is 1. The number of aromatic nitrogens is 3. The van der Waals surface area contributed by atoms with Crippen molar-refractivity contribution < 1.29 is 9.90 Å². The van der Waals surface area contributed by atoms with Gasteiger partial charge >= 0.3 is 5.97 Å². The molecular formula is C13H13N3O2. The molecular weight excluding hydrogens is 230 g/mol. The molecule has 1 N–H and O–H groups in total. The zero-order valence-corrected chi connectivity index (χ0v) is 9.78. The molecule has 92 valence electrons. The zero-order valence-electron chi connectivity index (χ0n) is 9.78. The third-order valence-corrected chi connectivity index (χ3v) is 2.47. The Balaban J connectivity index is 2.08. The van der Waals surface area contributed by atoms with Crippen molar-refractivity contribution in [2.75, 3.05) is 0 Å². The number of nitrogens with zero attached hydrogens (tertiary/aromatic N) is 3. The first-order valence-corrected chi connectivity index (χ1v) is 5.70. The fraction of sp³-hybridized carbons (Fsp3) is 0.231. The van der Waals surface area contributed by atoms with E-state index in [-0.39, 0.29) is 6.42 Å². The molecule has 5 nitrogen and oxygen atoms in total. The van der Waals surface area contributed by atoms with Gasteiger partial charge in [-0.1, -0.05) is 0 Å². The van der Waals surface area contributed by atoms with E-state index in [9.17, 15) is 4.79 Å². The molecule has 0 aromatic carbocycles. The van der Waals surface area contributed by atoms with Crippen molar-refractivity contribution in [3.8, 4) is 11.3 Å². The highest BCUT2D eigenvalue weighted by molar-refractivity contribution is 5.66. The number of hydrogen-bond donors (Lipinski definition) is 1. The van der Waals surface area contributed by atoms with Crippen molar-refractivity contribution in [3.63, 3.8) is 0 Å². The first-order valence-electron chi connectivity index (χ1n) is 5.70. The van der Waals surface area contributed by atoms with Crippen molar-refractivity contribution >= 4 is 5.97 Å². The Bertz CT molecular complexity index is 529. The number of carboxylic acids is 1. The van der Waals surface area contributed by atoms with Crippen LogP contribution in [0.15, 0.2) is 36.8 Å². The summed E-state index contributed by atoms with van der Waals surface area (Å²) >= 11 is 0. The summed E-state index contributed by atoms with van der Waals surface area (Å²) < 4.78 is 0. The minimum absolute atomic E-state index is 0.142. The Morgan fingerprint density at radius 1 is 1.17 bits per heavy atom. The van der Waals surface area contributed by atoms with Crippen LogP contribution in [0.25, 0.3) is 11.3 Å². The summed E-state index contributed by atoms with van der Waals surface area (Å²) in [6.07, 6.45) is 6.38. The molecule has 2 aromatic rings. The summed E-state index contributed by atoms with van der Waals surface area (Å²) in [4.78, 5) is 22.9. The Kier molecular flexibility index (Phi) is 3.96. The van der Waals surface area contributed by atoms with E-state index < -0.39 is 5.97 Å². The van der Waals surface area contributed by atoms with E-state index in [4.69, 9.17) is 5.11 Å². The van der Waals surface area contributed by atoms with Gasteiger partial charge in [0.15, 0.2) is 0 Å². The van der Waals surface area contributed by atoms with Crippen LogP contribution in [0.2, 0.25) is 0 Å². The second-order valence-corrected chi connectivity index (χ2v) is 3.84. The number of rotatable bonds is 5. The second-order valence-electron chi connectivity index (χ2n) is 3.84. The van der Waals surface area contributed by atoms with E-state index in [2.05, 4.69) is 15.0 Å². The maximum Gasteiger partial charge on any atom is 0.303 e. The highest BCUT2D eigenvalue weighted by Crippen LogP contribution is 2.15. The minimum Gasteiger partial charge on any atom is -0.481 e. The van der Waals surface area contributed by atoms with Crippen LogP contribution < -0.4 is 0 Å². The number of aliphatic carboxylic acids is 1. The first-order chi connectivity index (χ1) is 8.75. The highest BCUT2D eigenvalue weighted by atomic mass is 16.4. The molecule has 5 heteroatoms. The maximum absolute atomic E-state index is 10.4. The molecule has 2 rings (SSSR count). The van der Waals surface area contributed by atoms with E-state index >= 15 is 0 Å². The van der Waals surface area contributed by atoms with Crippen molar-refractivity contribution in [1.82, 2.24) is 15.0 Å². The third kappa shape index (κ3) is 3.35. The van der Waals surface area contributed by atoms with Crippen molar-refractivity contribution in [2.24, 2.45) is 0 Å². The number of aryl methyl sites for hydroxylation is 1. The van der Waals surface area contributed by atoms with Crippen LogP contribution >= 0.6 is 0 Å². The van der Waals surface area contributed by atoms with Gasteiger partial charge in [0.2, 0.25) is 0 Å². The van der Waals surface area contributed by atoms with Crippen LogP contribution in [0, 0.1) is 0 Å². The quantitative estimate of drug-likeness (QED) is 0.868. The summed E-state index contributed by atoms with van der Waals surface area (Å²) in [5, 5.41) is 8.58. The van der Waals surface area contributed by atoms with Crippen molar-refractivity contribution in [2.45, 2.75) is 19.3 Å². The number of pyridine rings is 1. The predicted octanol–water partition coefficient (Wildman–Crippen LogP) is 1.95. The molecule has 0 saturated carbocycles. The second kappa shape index (κ2) is 5.86. The van der Waals surface area contributed by atoms with Crippen LogP contribution in [0.3, 0.4) is 0 Å². The van der Waals surface area contributed by atoms with Gasteiger partial charge in [-0.3, -0.25) is 9.78 Å². The van der Waals surface area contributed by atoms with E-state index in [1.54, 1.807) is 18.6 Å². The Hall–Kier alpha value is -2.30. The maximum atomic E-state index is 10.4. The third-order valence-electron chi connectivity index (χ3n) is 2.47. The molecule has 0 bridgehead atoms. The standard InChI is InChI=1S/C13H13N3O2/c17-13(18)3-1-2-12-15-9-6-11(16-12)10-4-7-14-8-5-10/h4-9H,1-3H2,(H,17,18). The lowest BCUT2D eigenvalue weighted by molar-refractivity contribution is -0.137. The monoisotopic (exact) mass is 243 g/mol. The molecule has 0 spiro atoms.